The zero-order chi connectivity index (χ0) is 20.5. The number of alkyl halides is 2. The minimum atomic E-state index is -2.84. The van der Waals surface area contributed by atoms with Crippen molar-refractivity contribution in [2.75, 3.05) is 39.5 Å². The van der Waals surface area contributed by atoms with Crippen molar-refractivity contribution in [3.63, 3.8) is 0 Å². The molecule has 1 aromatic carbocycles. The summed E-state index contributed by atoms with van der Waals surface area (Å²) in [5.41, 5.74) is 0.952. The number of rotatable bonds is 9. The highest BCUT2D eigenvalue weighted by Crippen LogP contribution is 2.18. The molecular formula is C20H27F2NO6. The van der Waals surface area contributed by atoms with Gasteiger partial charge in [0, 0.05) is 13.1 Å². The number of likely N-dealkylation sites (tertiary alicyclic amines) is 1. The first-order chi connectivity index (χ1) is 14.1. The summed E-state index contributed by atoms with van der Waals surface area (Å²) in [6, 6.07) is 9.55. The third-order valence-electron chi connectivity index (χ3n) is 4.93. The minimum Gasteiger partial charge on any atom is -0.445 e. The fourth-order valence-electron chi connectivity index (χ4n) is 3.36. The van der Waals surface area contributed by atoms with Crippen molar-refractivity contribution in [2.24, 2.45) is 0 Å². The van der Waals surface area contributed by atoms with Gasteiger partial charge in [0.2, 0.25) is 0 Å². The van der Waals surface area contributed by atoms with Crippen molar-refractivity contribution in [1.29, 1.82) is 0 Å². The molecule has 0 saturated carbocycles. The van der Waals surface area contributed by atoms with E-state index in [2.05, 4.69) is 4.74 Å². The average Bonchev–Trinajstić information content (AvgIpc) is 3.17. The Morgan fingerprint density at radius 1 is 1.07 bits per heavy atom. The van der Waals surface area contributed by atoms with Crippen LogP contribution in [0.2, 0.25) is 0 Å². The number of nitrogens with zero attached hydrogens (tertiary/aromatic N) is 1. The second-order valence-electron chi connectivity index (χ2n) is 6.98. The largest absolute Gasteiger partial charge is 0.445 e. The van der Waals surface area contributed by atoms with Gasteiger partial charge in [0.15, 0.2) is 0 Å². The van der Waals surface area contributed by atoms with Crippen LogP contribution in [0.4, 0.5) is 13.6 Å². The highest BCUT2D eigenvalue weighted by molar-refractivity contribution is 5.67. The van der Waals surface area contributed by atoms with Gasteiger partial charge < -0.3 is 28.6 Å². The number of carbonyl (C=O) groups excluding carboxylic acids is 1. The van der Waals surface area contributed by atoms with Crippen LogP contribution in [-0.4, -0.2) is 75.4 Å². The molecule has 2 unspecified atom stereocenters. The third-order valence-corrected chi connectivity index (χ3v) is 4.93. The molecule has 3 rings (SSSR count). The fraction of sp³-hybridized carbons (Fsp3) is 0.650. The monoisotopic (exact) mass is 415 g/mol. The van der Waals surface area contributed by atoms with Crippen LogP contribution in [0.15, 0.2) is 30.3 Å². The SMILES string of the molecule is O=C(OCc1ccccc1)N1CCC(OCCOC2COCC2OC(F)F)CC1. The number of piperidine rings is 1. The van der Waals surface area contributed by atoms with Crippen LogP contribution < -0.4 is 0 Å². The molecule has 0 N–H and O–H groups in total. The number of amides is 1. The molecule has 2 saturated heterocycles. The van der Waals surface area contributed by atoms with Crippen molar-refractivity contribution >= 4 is 6.09 Å². The number of carbonyl (C=O) groups is 1. The topological polar surface area (TPSA) is 66.5 Å². The van der Waals surface area contributed by atoms with E-state index in [1.54, 1.807) is 4.90 Å². The van der Waals surface area contributed by atoms with Gasteiger partial charge in [-0.15, -0.1) is 0 Å². The van der Waals surface area contributed by atoms with Crippen LogP contribution in [0, 0.1) is 0 Å². The Morgan fingerprint density at radius 2 is 1.76 bits per heavy atom. The Kier molecular flexibility index (Phi) is 8.60. The molecule has 2 aliphatic rings. The maximum Gasteiger partial charge on any atom is 0.410 e. The molecule has 0 aliphatic carbocycles. The van der Waals surface area contributed by atoms with E-state index in [1.807, 2.05) is 30.3 Å². The van der Waals surface area contributed by atoms with Gasteiger partial charge >= 0.3 is 12.7 Å². The summed E-state index contributed by atoms with van der Waals surface area (Å²) in [6.07, 6.45) is -0.116. The lowest BCUT2D eigenvalue weighted by atomic mass is 10.1. The van der Waals surface area contributed by atoms with Crippen molar-refractivity contribution in [2.45, 2.75) is 44.4 Å². The summed E-state index contributed by atoms with van der Waals surface area (Å²) in [4.78, 5) is 13.8. The molecule has 7 nitrogen and oxygen atoms in total. The average molecular weight is 415 g/mol. The summed E-state index contributed by atoms with van der Waals surface area (Å²) in [7, 11) is 0. The molecular weight excluding hydrogens is 388 g/mol. The molecule has 0 spiro atoms. The molecule has 162 valence electrons. The van der Waals surface area contributed by atoms with Gasteiger partial charge in [0.1, 0.15) is 18.8 Å². The molecule has 2 fully saturated rings. The van der Waals surface area contributed by atoms with Crippen LogP contribution in [0.1, 0.15) is 18.4 Å². The van der Waals surface area contributed by atoms with E-state index in [0.29, 0.717) is 32.5 Å². The Bertz CT molecular complexity index is 612. The Morgan fingerprint density at radius 3 is 2.48 bits per heavy atom. The summed E-state index contributed by atoms with van der Waals surface area (Å²) < 4.78 is 50.9. The maximum absolute atomic E-state index is 12.3. The van der Waals surface area contributed by atoms with E-state index in [4.69, 9.17) is 18.9 Å². The van der Waals surface area contributed by atoms with Gasteiger partial charge in [0.05, 0.1) is 32.5 Å². The quantitative estimate of drug-likeness (QED) is 0.578. The number of halogens is 2. The Balaban J connectivity index is 1.26. The van der Waals surface area contributed by atoms with Crippen molar-refractivity contribution in [3.8, 4) is 0 Å². The maximum atomic E-state index is 12.3. The second kappa shape index (κ2) is 11.4. The Labute approximate surface area is 168 Å². The van der Waals surface area contributed by atoms with E-state index in [-0.39, 0.29) is 38.6 Å². The predicted octanol–water partition coefficient (Wildman–Crippen LogP) is 2.83. The standard InChI is InChI=1S/C20H27F2NO6/c21-19(22)29-18-14-25-13-17(18)27-11-10-26-16-6-8-23(9-7-16)20(24)28-12-15-4-2-1-3-5-15/h1-5,16-19H,6-14H2. The summed E-state index contributed by atoms with van der Waals surface area (Å²) in [5.74, 6) is 0. The summed E-state index contributed by atoms with van der Waals surface area (Å²) in [6.45, 7) is -0.477. The minimum absolute atomic E-state index is 0.0321. The molecule has 2 aliphatic heterocycles. The molecule has 29 heavy (non-hydrogen) atoms. The summed E-state index contributed by atoms with van der Waals surface area (Å²) in [5, 5.41) is 0. The second-order valence-corrected chi connectivity index (χ2v) is 6.98. The molecule has 2 heterocycles. The van der Waals surface area contributed by atoms with Crippen LogP contribution in [0.25, 0.3) is 0 Å². The Hall–Kier alpha value is -1.81. The molecule has 0 bridgehead atoms. The molecule has 1 aromatic rings. The number of ether oxygens (including phenoxy) is 5. The molecule has 2 atom stereocenters. The molecule has 1 amide bonds. The predicted molar refractivity (Wildman–Crippen MR) is 98.6 cm³/mol. The lowest BCUT2D eigenvalue weighted by molar-refractivity contribution is -0.185. The van der Waals surface area contributed by atoms with Crippen molar-refractivity contribution in [3.05, 3.63) is 35.9 Å². The highest BCUT2D eigenvalue weighted by atomic mass is 19.3. The van der Waals surface area contributed by atoms with Gasteiger partial charge in [-0.05, 0) is 18.4 Å². The normalized spacial score (nSPS) is 22.9. The van der Waals surface area contributed by atoms with Crippen molar-refractivity contribution < 1.29 is 37.3 Å². The van der Waals surface area contributed by atoms with E-state index >= 15 is 0 Å². The zero-order valence-corrected chi connectivity index (χ0v) is 16.2. The van der Waals surface area contributed by atoms with E-state index < -0.39 is 18.8 Å². The molecule has 0 radical (unpaired) electrons. The number of hydrogen-bond acceptors (Lipinski definition) is 6. The van der Waals surface area contributed by atoms with Crippen molar-refractivity contribution in [1.82, 2.24) is 4.90 Å². The molecule has 0 aromatic heterocycles. The van der Waals surface area contributed by atoms with Gasteiger partial charge in [-0.1, -0.05) is 30.3 Å². The lowest BCUT2D eigenvalue weighted by Gasteiger charge is -2.31. The van der Waals surface area contributed by atoms with Gasteiger partial charge in [-0.25, -0.2) is 4.79 Å². The first-order valence-corrected chi connectivity index (χ1v) is 9.82. The zero-order valence-electron chi connectivity index (χ0n) is 16.2. The first-order valence-electron chi connectivity index (χ1n) is 9.82. The van der Waals surface area contributed by atoms with Gasteiger partial charge in [0.25, 0.3) is 0 Å². The third kappa shape index (κ3) is 7.18. The fourth-order valence-corrected chi connectivity index (χ4v) is 3.36. The highest BCUT2D eigenvalue weighted by Gasteiger charge is 2.32. The van der Waals surface area contributed by atoms with Crippen LogP contribution in [-0.2, 0) is 30.3 Å². The summed E-state index contributed by atoms with van der Waals surface area (Å²) >= 11 is 0. The van der Waals surface area contributed by atoms with Crippen LogP contribution >= 0.6 is 0 Å². The van der Waals surface area contributed by atoms with E-state index in [0.717, 1.165) is 5.56 Å². The van der Waals surface area contributed by atoms with E-state index in [9.17, 15) is 13.6 Å². The van der Waals surface area contributed by atoms with Gasteiger partial charge in [-0.3, -0.25) is 0 Å². The molecule has 9 heteroatoms. The van der Waals surface area contributed by atoms with Gasteiger partial charge in [-0.2, -0.15) is 8.78 Å². The van der Waals surface area contributed by atoms with Crippen LogP contribution in [0.5, 0.6) is 0 Å². The number of benzene rings is 1. The lowest BCUT2D eigenvalue weighted by Crippen LogP contribution is -2.41. The van der Waals surface area contributed by atoms with Crippen LogP contribution in [0.3, 0.4) is 0 Å². The smallest absolute Gasteiger partial charge is 0.410 e. The first kappa shape index (κ1) is 21.9. The number of hydrogen-bond donors (Lipinski definition) is 0. The van der Waals surface area contributed by atoms with E-state index in [1.165, 1.54) is 0 Å².